The molecule has 1 unspecified atom stereocenters. The Morgan fingerprint density at radius 2 is 1.92 bits per heavy atom. The fourth-order valence-electron chi connectivity index (χ4n) is 3.74. The van der Waals surface area contributed by atoms with Gasteiger partial charge in [0, 0.05) is 11.7 Å². The number of hydrogen-bond donors (Lipinski definition) is 2. The lowest BCUT2D eigenvalue weighted by atomic mass is 9.84. The van der Waals surface area contributed by atoms with Gasteiger partial charge in [0.25, 0.3) is 5.91 Å². The molecule has 0 aromatic heterocycles. The van der Waals surface area contributed by atoms with Crippen molar-refractivity contribution in [2.75, 3.05) is 5.32 Å². The summed E-state index contributed by atoms with van der Waals surface area (Å²) in [5, 5.41) is 3.02. The van der Waals surface area contributed by atoms with Crippen molar-refractivity contribution in [2.24, 2.45) is 11.7 Å². The SMILES string of the molecule is Cc1ccc(NC(=O)C(OC(C)C)[C@H](N)CC2CCCCC2)c(C)c1. The van der Waals surface area contributed by atoms with Crippen LogP contribution in [-0.2, 0) is 9.53 Å². The summed E-state index contributed by atoms with van der Waals surface area (Å²) in [5.74, 6) is 0.486. The standard InChI is InChI=1S/C21H34N2O2/c1-14(2)25-20(18(22)13-17-8-6-5-7-9-17)21(24)23-19-11-10-15(3)12-16(19)4/h10-12,14,17-18,20H,5-9,13,22H2,1-4H3,(H,23,24)/t18-,20?/m1/s1. The van der Waals surface area contributed by atoms with Gasteiger partial charge < -0.3 is 15.8 Å². The van der Waals surface area contributed by atoms with Gasteiger partial charge in [0.2, 0.25) is 0 Å². The summed E-state index contributed by atoms with van der Waals surface area (Å²) in [7, 11) is 0. The molecule has 1 aromatic rings. The smallest absolute Gasteiger partial charge is 0.255 e. The summed E-state index contributed by atoms with van der Waals surface area (Å²) in [4.78, 5) is 12.9. The molecule has 1 fully saturated rings. The number of rotatable bonds is 7. The molecule has 0 heterocycles. The first kappa shape index (κ1) is 19.9. The Balaban J connectivity index is 2.04. The van der Waals surface area contributed by atoms with E-state index in [1.807, 2.05) is 39.8 Å². The molecule has 4 nitrogen and oxygen atoms in total. The third-order valence-corrected chi connectivity index (χ3v) is 5.04. The summed E-state index contributed by atoms with van der Waals surface area (Å²) in [5.41, 5.74) is 9.49. The highest BCUT2D eigenvalue weighted by atomic mass is 16.5. The van der Waals surface area contributed by atoms with Gasteiger partial charge in [-0.05, 0) is 51.7 Å². The summed E-state index contributed by atoms with van der Waals surface area (Å²) in [6.07, 6.45) is 6.54. The molecule has 1 aromatic carbocycles. The van der Waals surface area contributed by atoms with Crippen LogP contribution in [0.25, 0.3) is 0 Å². The minimum Gasteiger partial charge on any atom is -0.364 e. The fraction of sp³-hybridized carbons (Fsp3) is 0.667. The number of carbonyl (C=O) groups is 1. The second kappa shape index (κ2) is 9.35. The second-order valence-corrected chi connectivity index (χ2v) is 7.82. The number of ether oxygens (including phenoxy) is 1. The molecular weight excluding hydrogens is 312 g/mol. The van der Waals surface area contributed by atoms with Crippen LogP contribution in [0.2, 0.25) is 0 Å². The number of amides is 1. The monoisotopic (exact) mass is 346 g/mol. The zero-order chi connectivity index (χ0) is 18.4. The van der Waals surface area contributed by atoms with E-state index < -0.39 is 6.10 Å². The average Bonchev–Trinajstić information content (AvgIpc) is 2.55. The Morgan fingerprint density at radius 3 is 2.52 bits per heavy atom. The molecule has 1 saturated carbocycles. The lowest BCUT2D eigenvalue weighted by Gasteiger charge is -2.30. The molecule has 4 heteroatoms. The number of aryl methyl sites for hydroxylation is 2. The van der Waals surface area contributed by atoms with E-state index in [0.29, 0.717) is 5.92 Å². The first-order valence-electron chi connectivity index (χ1n) is 9.66. The van der Waals surface area contributed by atoms with Crippen molar-refractivity contribution in [1.82, 2.24) is 0 Å². The third-order valence-electron chi connectivity index (χ3n) is 5.04. The normalized spacial score (nSPS) is 18.2. The van der Waals surface area contributed by atoms with Gasteiger partial charge in [-0.1, -0.05) is 49.8 Å². The van der Waals surface area contributed by atoms with E-state index in [4.69, 9.17) is 10.5 Å². The van der Waals surface area contributed by atoms with Gasteiger partial charge in [0.15, 0.2) is 6.10 Å². The Hall–Kier alpha value is -1.39. The summed E-state index contributed by atoms with van der Waals surface area (Å²) < 4.78 is 5.91. The summed E-state index contributed by atoms with van der Waals surface area (Å²) in [6.45, 7) is 7.95. The van der Waals surface area contributed by atoms with E-state index in [9.17, 15) is 4.79 Å². The molecule has 1 aliphatic carbocycles. The van der Waals surface area contributed by atoms with Crippen LogP contribution in [0.1, 0.15) is 63.5 Å². The maximum absolute atomic E-state index is 12.9. The molecule has 25 heavy (non-hydrogen) atoms. The van der Waals surface area contributed by atoms with Crippen LogP contribution in [0, 0.1) is 19.8 Å². The highest BCUT2D eigenvalue weighted by Gasteiger charge is 2.30. The van der Waals surface area contributed by atoms with Crippen LogP contribution in [-0.4, -0.2) is 24.2 Å². The zero-order valence-corrected chi connectivity index (χ0v) is 16.2. The van der Waals surface area contributed by atoms with E-state index in [1.54, 1.807) is 0 Å². The molecule has 2 rings (SSSR count). The van der Waals surface area contributed by atoms with Crippen LogP contribution in [0.5, 0.6) is 0 Å². The number of nitrogens with two attached hydrogens (primary N) is 1. The minimum atomic E-state index is -0.609. The highest BCUT2D eigenvalue weighted by Crippen LogP contribution is 2.28. The van der Waals surface area contributed by atoms with Crippen LogP contribution >= 0.6 is 0 Å². The molecule has 0 bridgehead atoms. The molecule has 0 saturated heterocycles. The Labute approximate surface area is 152 Å². The first-order valence-corrected chi connectivity index (χ1v) is 9.66. The van der Waals surface area contributed by atoms with Crippen molar-refractivity contribution in [3.63, 3.8) is 0 Å². The topological polar surface area (TPSA) is 64.3 Å². The lowest BCUT2D eigenvalue weighted by Crippen LogP contribution is -2.47. The lowest BCUT2D eigenvalue weighted by molar-refractivity contribution is -0.132. The van der Waals surface area contributed by atoms with Gasteiger partial charge in [-0.15, -0.1) is 0 Å². The Bertz CT molecular complexity index is 565. The van der Waals surface area contributed by atoms with Crippen molar-refractivity contribution < 1.29 is 9.53 Å². The van der Waals surface area contributed by atoms with Gasteiger partial charge >= 0.3 is 0 Å². The van der Waals surface area contributed by atoms with Crippen molar-refractivity contribution in [2.45, 2.75) is 84.5 Å². The molecule has 1 aliphatic rings. The van der Waals surface area contributed by atoms with Crippen LogP contribution in [0.15, 0.2) is 18.2 Å². The van der Waals surface area contributed by atoms with E-state index in [-0.39, 0.29) is 18.1 Å². The van der Waals surface area contributed by atoms with Crippen molar-refractivity contribution in [3.05, 3.63) is 29.3 Å². The predicted octanol–water partition coefficient (Wildman–Crippen LogP) is 4.33. The average molecular weight is 347 g/mol. The molecule has 0 aliphatic heterocycles. The van der Waals surface area contributed by atoms with Crippen molar-refractivity contribution >= 4 is 11.6 Å². The predicted molar refractivity (Wildman–Crippen MR) is 104 cm³/mol. The molecule has 1 amide bonds. The Kier molecular flexibility index (Phi) is 7.45. The van der Waals surface area contributed by atoms with E-state index >= 15 is 0 Å². The van der Waals surface area contributed by atoms with Crippen LogP contribution in [0.4, 0.5) is 5.69 Å². The van der Waals surface area contributed by atoms with Gasteiger partial charge in [-0.25, -0.2) is 0 Å². The molecule has 140 valence electrons. The number of anilines is 1. The second-order valence-electron chi connectivity index (χ2n) is 7.82. The maximum Gasteiger partial charge on any atom is 0.255 e. The first-order chi connectivity index (χ1) is 11.9. The zero-order valence-electron chi connectivity index (χ0n) is 16.2. The van der Waals surface area contributed by atoms with Gasteiger partial charge in [0.05, 0.1) is 6.10 Å². The number of nitrogens with one attached hydrogen (secondary N) is 1. The molecule has 2 atom stereocenters. The van der Waals surface area contributed by atoms with E-state index in [0.717, 1.165) is 17.7 Å². The molecule has 0 radical (unpaired) electrons. The molecule has 3 N–H and O–H groups in total. The number of hydrogen-bond acceptors (Lipinski definition) is 3. The molecular formula is C21H34N2O2. The number of benzene rings is 1. The van der Waals surface area contributed by atoms with Crippen molar-refractivity contribution in [1.29, 1.82) is 0 Å². The van der Waals surface area contributed by atoms with E-state index in [2.05, 4.69) is 11.4 Å². The van der Waals surface area contributed by atoms with Crippen LogP contribution < -0.4 is 11.1 Å². The van der Waals surface area contributed by atoms with Gasteiger partial charge in [-0.3, -0.25) is 4.79 Å². The minimum absolute atomic E-state index is 0.0349. The van der Waals surface area contributed by atoms with Crippen molar-refractivity contribution in [3.8, 4) is 0 Å². The van der Waals surface area contributed by atoms with Gasteiger partial charge in [-0.2, -0.15) is 0 Å². The van der Waals surface area contributed by atoms with E-state index in [1.165, 1.54) is 37.7 Å². The quantitative estimate of drug-likeness (QED) is 0.772. The fourth-order valence-corrected chi connectivity index (χ4v) is 3.74. The summed E-state index contributed by atoms with van der Waals surface area (Å²) in [6, 6.07) is 5.75. The highest BCUT2D eigenvalue weighted by molar-refractivity contribution is 5.95. The maximum atomic E-state index is 12.9. The van der Waals surface area contributed by atoms with Crippen LogP contribution in [0.3, 0.4) is 0 Å². The number of carbonyl (C=O) groups excluding carboxylic acids is 1. The Morgan fingerprint density at radius 1 is 1.24 bits per heavy atom. The largest absolute Gasteiger partial charge is 0.364 e. The third kappa shape index (κ3) is 6.12. The summed E-state index contributed by atoms with van der Waals surface area (Å²) >= 11 is 0. The molecule has 0 spiro atoms. The van der Waals surface area contributed by atoms with Gasteiger partial charge in [0.1, 0.15) is 0 Å².